The van der Waals surface area contributed by atoms with E-state index in [0.29, 0.717) is 6.07 Å². The minimum Gasteiger partial charge on any atom is -0.475 e. The molecule has 0 aromatic heterocycles. The molecule has 0 unspecified atom stereocenters. The average Bonchev–Trinajstić information content (AvgIpc) is 2.66. The van der Waals surface area contributed by atoms with Crippen LogP contribution in [0.25, 0.3) is 0 Å². The van der Waals surface area contributed by atoms with Gasteiger partial charge in [0.15, 0.2) is 35.9 Å². The van der Waals surface area contributed by atoms with Crippen molar-refractivity contribution in [3.05, 3.63) is 64.0 Å². The summed E-state index contributed by atoms with van der Waals surface area (Å²) in [7, 11) is 0. The quantitative estimate of drug-likeness (QED) is 0.333. The van der Waals surface area contributed by atoms with Crippen molar-refractivity contribution in [2.45, 2.75) is 13.0 Å². The predicted molar refractivity (Wildman–Crippen MR) is 89.1 cm³/mol. The van der Waals surface area contributed by atoms with Gasteiger partial charge < -0.3 is 14.8 Å². The van der Waals surface area contributed by atoms with Gasteiger partial charge in [0.2, 0.25) is 0 Å². The van der Waals surface area contributed by atoms with Crippen molar-refractivity contribution >= 4 is 23.3 Å². The van der Waals surface area contributed by atoms with E-state index in [2.05, 4.69) is 0 Å². The minimum absolute atomic E-state index is 0.176. The topological polar surface area (TPSA) is 108 Å². The van der Waals surface area contributed by atoms with Crippen LogP contribution in [0.1, 0.15) is 6.92 Å². The van der Waals surface area contributed by atoms with E-state index in [-0.39, 0.29) is 11.4 Å². The normalized spacial score (nSPS) is 11.4. The number of nitro groups is 1. The molecule has 0 aliphatic carbocycles. The zero-order chi connectivity index (χ0) is 20.8. The summed E-state index contributed by atoms with van der Waals surface area (Å²) in [6.45, 7) is 0.415. The number of anilines is 1. The lowest BCUT2D eigenvalue weighted by Crippen LogP contribution is -2.32. The van der Waals surface area contributed by atoms with Crippen LogP contribution in [-0.4, -0.2) is 29.5 Å². The van der Waals surface area contributed by atoms with Gasteiger partial charge >= 0.3 is 11.7 Å². The van der Waals surface area contributed by atoms with E-state index in [1.54, 1.807) is 0 Å². The number of benzene rings is 2. The van der Waals surface area contributed by atoms with E-state index in [9.17, 15) is 32.9 Å². The molecule has 2 rings (SSSR count). The van der Waals surface area contributed by atoms with Crippen LogP contribution in [0.5, 0.6) is 5.75 Å². The number of nitro benzene ring substituents is 1. The van der Waals surface area contributed by atoms with Gasteiger partial charge in [0, 0.05) is 6.07 Å². The highest BCUT2D eigenvalue weighted by atomic mass is 19.2. The lowest BCUT2D eigenvalue weighted by Gasteiger charge is -2.14. The van der Waals surface area contributed by atoms with Crippen molar-refractivity contribution in [1.29, 1.82) is 0 Å². The highest BCUT2D eigenvalue weighted by Gasteiger charge is 2.22. The summed E-state index contributed by atoms with van der Waals surface area (Å²) in [5.74, 6) is -7.02. The van der Waals surface area contributed by atoms with Crippen molar-refractivity contribution < 1.29 is 37.2 Å². The van der Waals surface area contributed by atoms with E-state index in [0.717, 1.165) is 13.0 Å². The van der Waals surface area contributed by atoms with Gasteiger partial charge in [-0.25, -0.2) is 18.0 Å². The lowest BCUT2D eigenvalue weighted by atomic mass is 10.2. The Balaban J connectivity index is 1.93. The Labute approximate surface area is 156 Å². The third-order valence-electron chi connectivity index (χ3n) is 3.38. The number of esters is 1. The molecule has 11 heteroatoms. The van der Waals surface area contributed by atoms with E-state index in [4.69, 9.17) is 9.47 Å². The summed E-state index contributed by atoms with van der Waals surface area (Å²) in [5, 5.41) is 12.8. The number of para-hydroxylation sites is 2. The predicted octanol–water partition coefficient (Wildman–Crippen LogP) is 2.96. The minimum atomic E-state index is -1.76. The maximum atomic E-state index is 13.5. The summed E-state index contributed by atoms with van der Waals surface area (Å²) in [6.07, 6.45) is -1.44. The summed E-state index contributed by atoms with van der Waals surface area (Å²) >= 11 is 0. The summed E-state index contributed by atoms with van der Waals surface area (Å²) in [4.78, 5) is 33.8. The van der Waals surface area contributed by atoms with Gasteiger partial charge in [-0.1, -0.05) is 12.1 Å². The van der Waals surface area contributed by atoms with Crippen LogP contribution in [0.3, 0.4) is 0 Å². The second-order valence-corrected chi connectivity index (χ2v) is 5.36. The van der Waals surface area contributed by atoms with Crippen molar-refractivity contribution in [1.82, 2.24) is 0 Å². The molecular formula is C17H13F3N2O6. The number of rotatable bonds is 7. The van der Waals surface area contributed by atoms with E-state index < -0.39 is 52.6 Å². The van der Waals surface area contributed by atoms with Crippen LogP contribution in [0.4, 0.5) is 24.5 Å². The summed E-state index contributed by atoms with van der Waals surface area (Å²) < 4.78 is 49.4. The number of carbonyl (C=O) groups is 2. The van der Waals surface area contributed by atoms with Gasteiger partial charge in [-0.15, -0.1) is 0 Å². The maximum Gasteiger partial charge on any atom is 0.344 e. The molecule has 0 radical (unpaired) electrons. The molecule has 1 amide bonds. The molecule has 1 N–H and O–H groups in total. The number of hydrogen-bond acceptors (Lipinski definition) is 6. The van der Waals surface area contributed by atoms with Crippen LogP contribution in [-0.2, 0) is 14.3 Å². The highest BCUT2D eigenvalue weighted by molar-refractivity contribution is 5.95. The molecule has 28 heavy (non-hydrogen) atoms. The lowest BCUT2D eigenvalue weighted by molar-refractivity contribution is -0.385. The number of hydrogen-bond donors (Lipinski definition) is 1. The fourth-order valence-electron chi connectivity index (χ4n) is 2.01. The Morgan fingerprint density at radius 3 is 2.50 bits per heavy atom. The first-order valence-electron chi connectivity index (χ1n) is 7.70. The number of ether oxygens (including phenoxy) is 2. The molecule has 0 fully saturated rings. The number of nitrogens with zero attached hydrogens (tertiary/aromatic N) is 1. The van der Waals surface area contributed by atoms with Gasteiger partial charge in [0.1, 0.15) is 0 Å². The molecule has 0 saturated carbocycles. The standard InChI is InChI=1S/C17H13F3N2O6/c1-9(17(24)21-11-7-6-10(18)15(19)16(11)20)28-14(23)8-27-13-5-3-2-4-12(13)22(25)26/h2-7,9H,8H2,1H3,(H,21,24)/t9-/m1/s1. The number of carbonyl (C=O) groups excluding carboxylic acids is 2. The molecule has 2 aromatic rings. The van der Waals surface area contributed by atoms with Gasteiger partial charge in [-0.2, -0.15) is 0 Å². The zero-order valence-electron chi connectivity index (χ0n) is 14.3. The Kier molecular flexibility index (Phi) is 6.53. The van der Waals surface area contributed by atoms with Crippen LogP contribution in [0.15, 0.2) is 36.4 Å². The van der Waals surface area contributed by atoms with E-state index >= 15 is 0 Å². The SMILES string of the molecule is C[C@@H](OC(=O)COc1ccccc1[N+](=O)[O-])C(=O)Nc1ccc(F)c(F)c1F. The first-order chi connectivity index (χ1) is 13.2. The molecule has 0 saturated heterocycles. The summed E-state index contributed by atoms with van der Waals surface area (Å²) in [6, 6.07) is 6.73. The summed E-state index contributed by atoms with van der Waals surface area (Å²) in [5.41, 5.74) is -1.00. The molecule has 8 nitrogen and oxygen atoms in total. The largest absolute Gasteiger partial charge is 0.475 e. The van der Waals surface area contributed by atoms with Crippen LogP contribution in [0, 0.1) is 27.6 Å². The third kappa shape index (κ3) is 4.96. The monoisotopic (exact) mass is 398 g/mol. The Bertz CT molecular complexity index is 922. The number of halogens is 3. The Hall–Kier alpha value is -3.63. The van der Waals surface area contributed by atoms with Gasteiger partial charge in [-0.3, -0.25) is 14.9 Å². The van der Waals surface area contributed by atoms with Crippen LogP contribution in [0.2, 0.25) is 0 Å². The van der Waals surface area contributed by atoms with Crippen LogP contribution >= 0.6 is 0 Å². The molecule has 1 atom stereocenters. The molecule has 0 bridgehead atoms. The third-order valence-corrected chi connectivity index (χ3v) is 3.38. The fourth-order valence-corrected chi connectivity index (χ4v) is 2.01. The average molecular weight is 398 g/mol. The Morgan fingerprint density at radius 1 is 1.14 bits per heavy atom. The van der Waals surface area contributed by atoms with Crippen molar-refractivity contribution in [2.24, 2.45) is 0 Å². The second-order valence-electron chi connectivity index (χ2n) is 5.36. The first-order valence-corrected chi connectivity index (χ1v) is 7.70. The number of amides is 1. The fraction of sp³-hybridized carbons (Fsp3) is 0.176. The number of nitrogens with one attached hydrogen (secondary N) is 1. The smallest absolute Gasteiger partial charge is 0.344 e. The van der Waals surface area contributed by atoms with Crippen LogP contribution < -0.4 is 10.1 Å². The zero-order valence-corrected chi connectivity index (χ0v) is 14.3. The van der Waals surface area contributed by atoms with Crippen molar-refractivity contribution in [3.63, 3.8) is 0 Å². The molecule has 0 aliphatic heterocycles. The molecule has 0 aliphatic rings. The van der Waals surface area contributed by atoms with Gasteiger partial charge in [0.25, 0.3) is 5.91 Å². The molecule has 0 heterocycles. The van der Waals surface area contributed by atoms with Gasteiger partial charge in [0.05, 0.1) is 10.6 Å². The van der Waals surface area contributed by atoms with Crippen molar-refractivity contribution in [3.8, 4) is 5.75 Å². The van der Waals surface area contributed by atoms with E-state index in [1.165, 1.54) is 24.3 Å². The molecular weight excluding hydrogens is 385 g/mol. The first kappa shape index (κ1) is 20.7. The molecule has 0 spiro atoms. The maximum absolute atomic E-state index is 13.5. The van der Waals surface area contributed by atoms with Gasteiger partial charge in [-0.05, 0) is 25.1 Å². The second kappa shape index (κ2) is 8.84. The Morgan fingerprint density at radius 2 is 1.82 bits per heavy atom. The molecule has 2 aromatic carbocycles. The van der Waals surface area contributed by atoms with E-state index in [1.807, 2.05) is 5.32 Å². The van der Waals surface area contributed by atoms with Crippen molar-refractivity contribution in [2.75, 3.05) is 11.9 Å². The molecule has 148 valence electrons. The highest BCUT2D eigenvalue weighted by Crippen LogP contribution is 2.25.